The molecule has 0 amide bonds. The Bertz CT molecular complexity index is 1350. The van der Waals surface area contributed by atoms with Crippen LogP contribution in [-0.2, 0) is 13.0 Å². The zero-order valence-corrected chi connectivity index (χ0v) is 19.1. The van der Waals surface area contributed by atoms with E-state index in [9.17, 15) is 46.4 Å². The van der Waals surface area contributed by atoms with Crippen molar-refractivity contribution in [3.63, 3.8) is 0 Å². The van der Waals surface area contributed by atoms with Gasteiger partial charge in [-0.1, -0.05) is 0 Å². The van der Waals surface area contributed by atoms with Crippen LogP contribution in [0.1, 0.15) is 41.6 Å². The number of aliphatic hydroxyl groups is 1. The molecule has 2 aromatic rings. The average Bonchev–Trinajstić information content (AvgIpc) is 3.55. The molecule has 0 aromatic carbocycles. The summed E-state index contributed by atoms with van der Waals surface area (Å²) in [7, 11) is 0.874. The summed E-state index contributed by atoms with van der Waals surface area (Å²) in [5.41, 5.74) is 2.20. The van der Waals surface area contributed by atoms with E-state index < -0.39 is 47.7 Å². The zero-order valence-electron chi connectivity index (χ0n) is 19.1. The first-order chi connectivity index (χ1) is 17.7. The number of rotatable bonds is 9. The van der Waals surface area contributed by atoms with Gasteiger partial charge in [-0.3, -0.25) is 5.32 Å². The van der Waals surface area contributed by atoms with E-state index in [0.29, 0.717) is 17.5 Å². The number of hydrogen-bond donors (Lipinski definition) is 3. The van der Waals surface area contributed by atoms with Crippen molar-refractivity contribution in [1.29, 1.82) is 10.5 Å². The molecule has 2 aromatic heterocycles. The first kappa shape index (κ1) is 28.4. The predicted molar refractivity (Wildman–Crippen MR) is 115 cm³/mol. The third kappa shape index (κ3) is 5.53. The third-order valence-corrected chi connectivity index (χ3v) is 5.37. The molecule has 1 saturated carbocycles. The smallest absolute Gasteiger partial charge is 0.428 e. The number of nitrogens with two attached hydrogens (primary N) is 1. The van der Waals surface area contributed by atoms with E-state index in [0.717, 1.165) is 25.7 Å². The van der Waals surface area contributed by atoms with Crippen molar-refractivity contribution >= 4 is 17.6 Å². The van der Waals surface area contributed by atoms with Crippen molar-refractivity contribution in [2.24, 2.45) is 17.8 Å². The topological polar surface area (TPSA) is 158 Å². The van der Waals surface area contributed by atoms with Crippen molar-refractivity contribution in [2.75, 3.05) is 0 Å². The summed E-state index contributed by atoms with van der Waals surface area (Å²) in [6, 6.07) is 5.00. The number of nitrogens with zero attached hydrogens (tertiary/aromatic N) is 6. The van der Waals surface area contributed by atoms with Gasteiger partial charge in [-0.2, -0.15) is 46.4 Å². The normalized spacial score (nSPS) is 16.4. The highest BCUT2D eigenvalue weighted by Gasteiger charge is 2.62. The summed E-state index contributed by atoms with van der Waals surface area (Å²) in [4.78, 5) is 7.57. The van der Waals surface area contributed by atoms with Crippen molar-refractivity contribution in [2.45, 2.75) is 43.3 Å². The minimum atomic E-state index is -6.17. The second-order valence-electron chi connectivity index (χ2n) is 7.97. The molecule has 0 radical (unpaired) electrons. The highest BCUT2D eigenvalue weighted by Crippen LogP contribution is 2.49. The number of allylic oxidation sites excluding steroid dienone is 1. The van der Waals surface area contributed by atoms with Crippen LogP contribution in [0.4, 0.5) is 36.6 Å². The SMILES string of the molecule is Cn1nc(C(F)(F)C(F)(F)F)c(OC(F)F)c1N=CC(=CN)c1cnc(C#N)c(C(O)NC2(C#N)CC2)c1. The number of pyridine rings is 1. The van der Waals surface area contributed by atoms with Gasteiger partial charge >= 0.3 is 18.7 Å². The molecule has 1 aliphatic rings. The van der Waals surface area contributed by atoms with E-state index in [1.54, 1.807) is 6.07 Å². The maximum absolute atomic E-state index is 13.9. The molecule has 0 aliphatic heterocycles. The van der Waals surface area contributed by atoms with Gasteiger partial charge in [-0.15, -0.1) is 0 Å². The van der Waals surface area contributed by atoms with Crippen LogP contribution >= 0.6 is 0 Å². The van der Waals surface area contributed by atoms with E-state index in [1.807, 2.05) is 6.07 Å². The van der Waals surface area contributed by atoms with Crippen LogP contribution in [0.3, 0.4) is 0 Å². The van der Waals surface area contributed by atoms with E-state index in [4.69, 9.17) is 5.73 Å². The minimum Gasteiger partial charge on any atom is -0.428 e. The van der Waals surface area contributed by atoms with Crippen LogP contribution < -0.4 is 15.8 Å². The Labute approximate surface area is 209 Å². The van der Waals surface area contributed by atoms with Gasteiger partial charge in [0.1, 0.15) is 23.5 Å². The molecule has 0 saturated heterocycles. The molecule has 202 valence electrons. The number of aliphatic hydroxyl groups excluding tert-OH is 1. The van der Waals surface area contributed by atoms with Crippen LogP contribution in [0.2, 0.25) is 0 Å². The van der Waals surface area contributed by atoms with Gasteiger partial charge in [-0.25, -0.2) is 14.7 Å². The van der Waals surface area contributed by atoms with E-state index in [-0.39, 0.29) is 22.4 Å². The van der Waals surface area contributed by atoms with Gasteiger partial charge in [-0.05, 0) is 18.9 Å². The van der Waals surface area contributed by atoms with E-state index >= 15 is 0 Å². The maximum Gasteiger partial charge on any atom is 0.459 e. The summed E-state index contributed by atoms with van der Waals surface area (Å²) >= 11 is 0. The zero-order chi connectivity index (χ0) is 28.5. The highest BCUT2D eigenvalue weighted by atomic mass is 19.4. The van der Waals surface area contributed by atoms with Crippen LogP contribution in [0.5, 0.6) is 5.75 Å². The lowest BCUT2D eigenvalue weighted by atomic mass is 10.0. The number of aliphatic imine (C=N–C) groups is 1. The first-order valence-electron chi connectivity index (χ1n) is 10.4. The van der Waals surface area contributed by atoms with Gasteiger partial charge in [0.05, 0.1) is 6.07 Å². The van der Waals surface area contributed by atoms with Crippen LogP contribution in [0.25, 0.3) is 5.57 Å². The van der Waals surface area contributed by atoms with Crippen LogP contribution in [0, 0.1) is 22.7 Å². The lowest BCUT2D eigenvalue weighted by Gasteiger charge is -2.18. The third-order valence-electron chi connectivity index (χ3n) is 5.37. The monoisotopic (exact) mass is 546 g/mol. The molecule has 2 heterocycles. The second-order valence-corrected chi connectivity index (χ2v) is 7.97. The number of aromatic nitrogens is 3. The molecule has 0 spiro atoms. The molecule has 10 nitrogen and oxygen atoms in total. The Morgan fingerprint density at radius 3 is 2.47 bits per heavy atom. The number of nitriles is 2. The van der Waals surface area contributed by atoms with E-state index in [2.05, 4.69) is 25.1 Å². The van der Waals surface area contributed by atoms with E-state index in [1.165, 1.54) is 6.07 Å². The predicted octanol–water partition coefficient (Wildman–Crippen LogP) is 3.28. The fourth-order valence-electron chi connectivity index (χ4n) is 3.21. The lowest BCUT2D eigenvalue weighted by Crippen LogP contribution is -2.34. The molecule has 4 N–H and O–H groups in total. The number of halogens is 7. The highest BCUT2D eigenvalue weighted by molar-refractivity contribution is 6.10. The number of hydrogen-bond acceptors (Lipinski definition) is 9. The van der Waals surface area contributed by atoms with Gasteiger partial charge in [0.15, 0.2) is 17.3 Å². The Morgan fingerprint density at radius 1 is 1.32 bits per heavy atom. The quantitative estimate of drug-likeness (QED) is 0.246. The number of aryl methyl sites for hydroxylation is 1. The maximum atomic E-state index is 13.9. The van der Waals surface area contributed by atoms with Crippen molar-refractivity contribution < 1.29 is 40.6 Å². The Hall–Kier alpha value is -4.22. The largest absolute Gasteiger partial charge is 0.459 e. The molecule has 1 atom stereocenters. The molecule has 0 bridgehead atoms. The molecule has 1 unspecified atom stereocenters. The fraction of sp³-hybridized carbons (Fsp3) is 0.381. The van der Waals surface area contributed by atoms with Crippen LogP contribution in [0.15, 0.2) is 23.5 Å². The van der Waals surface area contributed by atoms with Crippen LogP contribution in [-0.4, -0.2) is 44.4 Å². The number of nitrogens with one attached hydrogen (secondary N) is 1. The lowest BCUT2D eigenvalue weighted by molar-refractivity contribution is -0.291. The number of ether oxygens (including phenoxy) is 1. The Balaban J connectivity index is 2.02. The Kier molecular flexibility index (Phi) is 7.66. The molecule has 17 heteroatoms. The summed E-state index contributed by atoms with van der Waals surface area (Å²) in [5, 5.41) is 34.7. The summed E-state index contributed by atoms with van der Waals surface area (Å²) < 4.78 is 96.6. The molecular weight excluding hydrogens is 529 g/mol. The molecule has 1 fully saturated rings. The van der Waals surface area contributed by atoms with Gasteiger partial charge in [0.25, 0.3) is 0 Å². The summed E-state index contributed by atoms with van der Waals surface area (Å²) in [6.45, 7) is -3.79. The summed E-state index contributed by atoms with van der Waals surface area (Å²) in [6.07, 6.45) is -3.93. The standard InChI is InChI=1S/C21H17F7N8O2/c1-36-16(14(38-18(22)23)15(35-36)20(24,25)21(26,27)28)33-8-11(5-29)10-4-12(13(6-30)32-7-10)17(37)34-19(9-31)2-3-19/h4-5,7-8,17-18,34,37H,2-3,29H2,1H3. The van der Waals surface area contributed by atoms with Gasteiger partial charge in [0.2, 0.25) is 0 Å². The van der Waals surface area contributed by atoms with Crippen molar-refractivity contribution in [1.82, 2.24) is 20.1 Å². The average molecular weight is 546 g/mol. The minimum absolute atomic E-state index is 0.0614. The fourth-order valence-corrected chi connectivity index (χ4v) is 3.21. The Morgan fingerprint density at radius 2 is 1.97 bits per heavy atom. The van der Waals surface area contributed by atoms with Gasteiger partial charge in [0, 0.05) is 42.4 Å². The molecular formula is C21H17F7N8O2. The first-order valence-corrected chi connectivity index (χ1v) is 10.4. The molecule has 3 rings (SSSR count). The van der Waals surface area contributed by atoms with Gasteiger partial charge < -0.3 is 15.6 Å². The molecule has 1 aliphatic carbocycles. The number of alkyl halides is 7. The second kappa shape index (κ2) is 10.3. The summed E-state index contributed by atoms with van der Waals surface area (Å²) in [5.74, 6) is -8.18. The van der Waals surface area contributed by atoms with Crippen molar-refractivity contribution in [3.8, 4) is 17.9 Å². The van der Waals surface area contributed by atoms with Crippen molar-refractivity contribution in [3.05, 3.63) is 41.0 Å². The molecule has 38 heavy (non-hydrogen) atoms.